The van der Waals surface area contributed by atoms with Gasteiger partial charge in [0, 0.05) is 35.8 Å². The Morgan fingerprint density at radius 2 is 2.00 bits per heavy atom. The van der Waals surface area contributed by atoms with E-state index >= 15 is 0 Å². The lowest BCUT2D eigenvalue weighted by Gasteiger charge is -2.22. The molecule has 2 N–H and O–H groups in total. The van der Waals surface area contributed by atoms with E-state index in [4.69, 9.17) is 4.98 Å². The minimum atomic E-state index is 0.552. The highest BCUT2D eigenvalue weighted by Gasteiger charge is 2.18. The fraction of sp³-hybridized carbons (Fsp3) is 0.458. The Morgan fingerprint density at radius 3 is 2.76 bits per heavy atom. The van der Waals surface area contributed by atoms with Crippen molar-refractivity contribution in [3.05, 3.63) is 48.4 Å². The first-order valence-electron chi connectivity index (χ1n) is 10.9. The lowest BCUT2D eigenvalue weighted by Crippen LogP contribution is -2.37. The van der Waals surface area contributed by atoms with E-state index in [1.54, 1.807) is 12.5 Å². The van der Waals surface area contributed by atoms with Gasteiger partial charge in [0.05, 0.1) is 11.2 Å². The predicted molar refractivity (Wildman–Crippen MR) is 120 cm³/mol. The van der Waals surface area contributed by atoms with Gasteiger partial charge in [0.25, 0.3) is 0 Å². The van der Waals surface area contributed by atoms with Crippen LogP contribution in [-0.4, -0.2) is 33.6 Å². The van der Waals surface area contributed by atoms with Crippen LogP contribution in [0.4, 0.5) is 5.82 Å². The van der Waals surface area contributed by atoms with Gasteiger partial charge in [-0.15, -0.1) is 0 Å². The van der Waals surface area contributed by atoms with E-state index in [2.05, 4.69) is 58.7 Å². The average Bonchev–Trinajstić information content (AvgIpc) is 3.26. The number of hydrogen-bond acceptors (Lipinski definition) is 5. The number of rotatable bonds is 8. The van der Waals surface area contributed by atoms with Crippen LogP contribution in [-0.2, 0) is 0 Å². The molecule has 1 fully saturated rings. The quantitative estimate of drug-likeness (QED) is 0.560. The number of nitrogens with one attached hydrogen (secondary N) is 2. The second-order valence-electron chi connectivity index (χ2n) is 8.14. The van der Waals surface area contributed by atoms with Crippen LogP contribution in [0.15, 0.2) is 42.9 Å². The molecule has 0 spiro atoms. The van der Waals surface area contributed by atoms with E-state index < -0.39 is 0 Å². The molecule has 2 aromatic heterocycles. The summed E-state index contributed by atoms with van der Waals surface area (Å²) >= 11 is 0. The fourth-order valence-corrected chi connectivity index (χ4v) is 4.27. The Morgan fingerprint density at radius 1 is 1.14 bits per heavy atom. The standard InChI is InChI=1S/C24H31N5/c1-3-19(28-20-6-4-5-7-20)10-13-26-24-21(23-11-12-25-16-27-23)15-18-14-17(2)8-9-22(18)29-24/h8-9,11-12,14-16,19-20,28H,3-7,10,13H2,1-2H3,(H,26,29). The van der Waals surface area contributed by atoms with E-state index in [1.165, 1.54) is 31.2 Å². The van der Waals surface area contributed by atoms with E-state index in [9.17, 15) is 0 Å². The van der Waals surface area contributed by atoms with Gasteiger partial charge >= 0.3 is 0 Å². The van der Waals surface area contributed by atoms with Crippen molar-refractivity contribution in [1.82, 2.24) is 20.3 Å². The molecule has 0 bridgehead atoms. The molecule has 2 heterocycles. The molecule has 4 rings (SSSR count). The zero-order valence-electron chi connectivity index (χ0n) is 17.5. The molecule has 0 aliphatic heterocycles. The molecule has 0 amide bonds. The number of benzene rings is 1. The lowest BCUT2D eigenvalue weighted by molar-refractivity contribution is 0.407. The monoisotopic (exact) mass is 389 g/mol. The average molecular weight is 390 g/mol. The summed E-state index contributed by atoms with van der Waals surface area (Å²) < 4.78 is 0. The van der Waals surface area contributed by atoms with Crippen molar-refractivity contribution >= 4 is 16.7 Å². The van der Waals surface area contributed by atoms with Crippen molar-refractivity contribution in [2.45, 2.75) is 64.5 Å². The lowest BCUT2D eigenvalue weighted by atomic mass is 10.1. The number of nitrogens with zero attached hydrogens (tertiary/aromatic N) is 3. The normalized spacial score (nSPS) is 15.7. The van der Waals surface area contributed by atoms with E-state index in [0.29, 0.717) is 12.1 Å². The van der Waals surface area contributed by atoms with Crippen LogP contribution in [0.3, 0.4) is 0 Å². The molecule has 5 heteroatoms. The Kier molecular flexibility index (Phi) is 6.35. The first kappa shape index (κ1) is 19.8. The minimum Gasteiger partial charge on any atom is -0.369 e. The third kappa shape index (κ3) is 4.91. The Labute approximate surface area is 173 Å². The summed E-state index contributed by atoms with van der Waals surface area (Å²) in [7, 11) is 0. The second-order valence-corrected chi connectivity index (χ2v) is 8.14. The largest absolute Gasteiger partial charge is 0.369 e. The molecular weight excluding hydrogens is 358 g/mol. The first-order valence-corrected chi connectivity index (χ1v) is 10.9. The molecule has 1 saturated carbocycles. The van der Waals surface area contributed by atoms with Crippen molar-refractivity contribution in [2.75, 3.05) is 11.9 Å². The highest BCUT2D eigenvalue weighted by molar-refractivity contribution is 5.88. The Hall–Kier alpha value is -2.53. The molecule has 152 valence electrons. The molecule has 1 aromatic carbocycles. The van der Waals surface area contributed by atoms with Crippen LogP contribution in [0.1, 0.15) is 51.0 Å². The van der Waals surface area contributed by atoms with E-state index in [-0.39, 0.29) is 0 Å². The van der Waals surface area contributed by atoms with Crippen LogP contribution >= 0.6 is 0 Å². The summed E-state index contributed by atoms with van der Waals surface area (Å²) in [5.41, 5.74) is 4.17. The van der Waals surface area contributed by atoms with Gasteiger partial charge in [-0.2, -0.15) is 0 Å². The van der Waals surface area contributed by atoms with E-state index in [0.717, 1.165) is 47.4 Å². The number of aryl methyl sites for hydroxylation is 1. The number of fused-ring (bicyclic) bond motifs is 1. The minimum absolute atomic E-state index is 0.552. The smallest absolute Gasteiger partial charge is 0.136 e. The molecule has 3 aromatic rings. The van der Waals surface area contributed by atoms with Crippen molar-refractivity contribution in [3.8, 4) is 11.3 Å². The molecule has 0 saturated heterocycles. The molecule has 1 aliphatic carbocycles. The van der Waals surface area contributed by atoms with Crippen molar-refractivity contribution in [2.24, 2.45) is 0 Å². The third-order valence-electron chi connectivity index (χ3n) is 5.93. The maximum atomic E-state index is 4.93. The summed E-state index contributed by atoms with van der Waals surface area (Å²) in [5, 5.41) is 8.59. The van der Waals surface area contributed by atoms with Crippen LogP contribution in [0.2, 0.25) is 0 Å². The summed E-state index contributed by atoms with van der Waals surface area (Å²) in [6, 6.07) is 11.8. The molecule has 29 heavy (non-hydrogen) atoms. The molecule has 1 aliphatic rings. The van der Waals surface area contributed by atoms with Gasteiger partial charge in [0.15, 0.2) is 0 Å². The zero-order chi connectivity index (χ0) is 20.1. The Balaban J connectivity index is 1.52. The third-order valence-corrected chi connectivity index (χ3v) is 5.93. The summed E-state index contributed by atoms with van der Waals surface area (Å²) in [6.07, 6.45) is 11.0. The SMILES string of the molecule is CCC(CCNc1nc2ccc(C)cc2cc1-c1ccncn1)NC1CCCC1. The van der Waals surface area contributed by atoms with Gasteiger partial charge in [-0.25, -0.2) is 15.0 Å². The highest BCUT2D eigenvalue weighted by atomic mass is 15.0. The van der Waals surface area contributed by atoms with Gasteiger partial charge in [-0.3, -0.25) is 0 Å². The predicted octanol–water partition coefficient (Wildman–Crippen LogP) is 5.11. The summed E-state index contributed by atoms with van der Waals surface area (Å²) in [5.74, 6) is 0.899. The van der Waals surface area contributed by atoms with Gasteiger partial charge < -0.3 is 10.6 Å². The van der Waals surface area contributed by atoms with Gasteiger partial charge in [-0.05, 0) is 56.9 Å². The summed E-state index contributed by atoms with van der Waals surface area (Å²) in [4.78, 5) is 13.5. The van der Waals surface area contributed by atoms with Crippen molar-refractivity contribution in [1.29, 1.82) is 0 Å². The van der Waals surface area contributed by atoms with Gasteiger partial charge in [0.2, 0.25) is 0 Å². The highest BCUT2D eigenvalue weighted by Crippen LogP contribution is 2.29. The summed E-state index contributed by atoms with van der Waals surface area (Å²) in [6.45, 7) is 5.27. The van der Waals surface area contributed by atoms with E-state index in [1.807, 2.05) is 6.07 Å². The molecule has 1 atom stereocenters. The van der Waals surface area contributed by atoms with Crippen molar-refractivity contribution in [3.63, 3.8) is 0 Å². The van der Waals surface area contributed by atoms with Crippen LogP contribution in [0, 0.1) is 6.92 Å². The number of pyridine rings is 1. The number of hydrogen-bond donors (Lipinski definition) is 2. The zero-order valence-corrected chi connectivity index (χ0v) is 17.5. The fourth-order valence-electron chi connectivity index (χ4n) is 4.27. The number of aromatic nitrogens is 3. The molecular formula is C24H31N5. The maximum absolute atomic E-state index is 4.93. The first-order chi connectivity index (χ1) is 14.2. The van der Waals surface area contributed by atoms with Gasteiger partial charge in [0.1, 0.15) is 12.1 Å². The molecule has 0 radical (unpaired) electrons. The van der Waals surface area contributed by atoms with Gasteiger partial charge in [-0.1, -0.05) is 31.4 Å². The van der Waals surface area contributed by atoms with Crippen LogP contribution in [0.25, 0.3) is 22.2 Å². The second kappa shape index (κ2) is 9.31. The topological polar surface area (TPSA) is 62.7 Å². The maximum Gasteiger partial charge on any atom is 0.136 e. The number of anilines is 1. The Bertz CT molecular complexity index is 935. The van der Waals surface area contributed by atoms with Crippen molar-refractivity contribution < 1.29 is 0 Å². The van der Waals surface area contributed by atoms with Crippen LogP contribution in [0.5, 0.6) is 0 Å². The molecule has 1 unspecified atom stereocenters. The van der Waals surface area contributed by atoms with Crippen LogP contribution < -0.4 is 10.6 Å². The molecule has 5 nitrogen and oxygen atoms in total.